The van der Waals surface area contributed by atoms with Gasteiger partial charge in [-0.1, -0.05) is 19.0 Å². The first-order valence-electron chi connectivity index (χ1n) is 7.61. The number of likely N-dealkylation sites (tertiary alicyclic amines) is 1. The molecule has 0 aliphatic carbocycles. The first kappa shape index (κ1) is 17.0. The Labute approximate surface area is 131 Å². The largest absolute Gasteiger partial charge is 0.361 e. The topological polar surface area (TPSA) is 80.5 Å². The number of nitrogens with zero attached hydrogens (tertiary/aromatic N) is 2. The van der Waals surface area contributed by atoms with Gasteiger partial charge in [0.1, 0.15) is 5.76 Å². The molecule has 0 spiro atoms. The van der Waals surface area contributed by atoms with Gasteiger partial charge in [0.15, 0.2) is 9.84 Å². The predicted molar refractivity (Wildman–Crippen MR) is 83.3 cm³/mol. The monoisotopic (exact) mass is 328 g/mol. The standard InChI is InChI=1S/C15H24N2O4S/c1-10(2)9-22(19,20)13-7-17(8-13)15(18)6-5-14-11(3)16-21-12(14)4/h10,13H,5-9H2,1-4H3. The van der Waals surface area contributed by atoms with Crippen molar-refractivity contribution in [2.45, 2.75) is 45.8 Å². The zero-order chi connectivity index (χ0) is 16.5. The summed E-state index contributed by atoms with van der Waals surface area (Å²) in [6.07, 6.45) is 0.944. The molecule has 124 valence electrons. The molecular formula is C15H24N2O4S. The number of amides is 1. The lowest BCUT2D eigenvalue weighted by atomic mass is 10.1. The second kappa shape index (κ2) is 6.40. The molecule has 22 heavy (non-hydrogen) atoms. The molecule has 1 aromatic rings. The number of carbonyl (C=O) groups excluding carboxylic acids is 1. The van der Waals surface area contributed by atoms with E-state index in [9.17, 15) is 13.2 Å². The van der Waals surface area contributed by atoms with Gasteiger partial charge < -0.3 is 9.42 Å². The highest BCUT2D eigenvalue weighted by Gasteiger charge is 2.39. The van der Waals surface area contributed by atoms with Gasteiger partial charge in [-0.15, -0.1) is 0 Å². The zero-order valence-corrected chi connectivity index (χ0v) is 14.4. The number of hydrogen-bond donors (Lipinski definition) is 0. The number of hydrogen-bond acceptors (Lipinski definition) is 5. The molecule has 0 atom stereocenters. The van der Waals surface area contributed by atoms with Crippen LogP contribution in [0.25, 0.3) is 0 Å². The summed E-state index contributed by atoms with van der Waals surface area (Å²) in [5.41, 5.74) is 1.78. The van der Waals surface area contributed by atoms with Gasteiger partial charge >= 0.3 is 0 Å². The summed E-state index contributed by atoms with van der Waals surface area (Å²) in [6, 6.07) is 0. The summed E-state index contributed by atoms with van der Waals surface area (Å²) in [5, 5.41) is 3.47. The molecule has 1 aromatic heterocycles. The smallest absolute Gasteiger partial charge is 0.222 e. The van der Waals surface area contributed by atoms with Crippen LogP contribution in [0, 0.1) is 19.8 Å². The predicted octanol–water partition coefficient (Wildman–Crippen LogP) is 1.51. The minimum Gasteiger partial charge on any atom is -0.361 e. The van der Waals surface area contributed by atoms with E-state index in [1.54, 1.807) is 4.90 Å². The van der Waals surface area contributed by atoms with Gasteiger partial charge in [-0.25, -0.2) is 8.42 Å². The number of aromatic nitrogens is 1. The van der Waals surface area contributed by atoms with Gasteiger partial charge in [0, 0.05) is 25.1 Å². The minimum atomic E-state index is -3.08. The molecule has 1 saturated heterocycles. The molecule has 7 heteroatoms. The highest BCUT2D eigenvalue weighted by molar-refractivity contribution is 7.92. The second-order valence-corrected chi connectivity index (χ2v) is 8.77. The van der Waals surface area contributed by atoms with E-state index in [-0.39, 0.29) is 17.6 Å². The van der Waals surface area contributed by atoms with E-state index >= 15 is 0 Å². The summed E-state index contributed by atoms with van der Waals surface area (Å²) in [6.45, 7) is 8.13. The zero-order valence-electron chi connectivity index (χ0n) is 13.6. The summed E-state index contributed by atoms with van der Waals surface area (Å²) in [5.74, 6) is 1.05. The van der Waals surface area contributed by atoms with Gasteiger partial charge in [-0.3, -0.25) is 4.79 Å². The van der Waals surface area contributed by atoms with Crippen molar-refractivity contribution in [2.24, 2.45) is 5.92 Å². The van der Waals surface area contributed by atoms with Gasteiger partial charge in [-0.2, -0.15) is 0 Å². The van der Waals surface area contributed by atoms with Crippen LogP contribution in [0.15, 0.2) is 4.52 Å². The van der Waals surface area contributed by atoms with Crippen molar-refractivity contribution in [3.05, 3.63) is 17.0 Å². The molecular weight excluding hydrogens is 304 g/mol. The van der Waals surface area contributed by atoms with Crippen LogP contribution in [0.4, 0.5) is 0 Å². The molecule has 0 aromatic carbocycles. The Morgan fingerprint density at radius 1 is 1.36 bits per heavy atom. The fourth-order valence-corrected chi connectivity index (χ4v) is 4.73. The maximum Gasteiger partial charge on any atom is 0.222 e. The lowest BCUT2D eigenvalue weighted by Gasteiger charge is -2.39. The van der Waals surface area contributed by atoms with Gasteiger partial charge in [0.2, 0.25) is 5.91 Å². The van der Waals surface area contributed by atoms with Crippen LogP contribution in [0.5, 0.6) is 0 Å². The first-order chi connectivity index (χ1) is 10.2. The Balaban J connectivity index is 1.82. The maximum atomic E-state index is 12.1. The number of aryl methyl sites for hydroxylation is 2. The van der Waals surface area contributed by atoms with Crippen molar-refractivity contribution in [3.63, 3.8) is 0 Å². The molecule has 2 heterocycles. The number of rotatable bonds is 6. The average Bonchev–Trinajstić information content (AvgIpc) is 2.62. The van der Waals surface area contributed by atoms with Crippen LogP contribution < -0.4 is 0 Å². The van der Waals surface area contributed by atoms with Crippen LogP contribution in [0.1, 0.15) is 37.3 Å². The average molecular weight is 328 g/mol. The van der Waals surface area contributed by atoms with E-state index in [2.05, 4.69) is 5.16 Å². The molecule has 0 saturated carbocycles. The second-order valence-electron chi connectivity index (χ2n) is 6.45. The van der Waals surface area contributed by atoms with Crippen molar-refractivity contribution in [2.75, 3.05) is 18.8 Å². The molecule has 0 radical (unpaired) electrons. The van der Waals surface area contributed by atoms with Crippen LogP contribution in [0.3, 0.4) is 0 Å². The van der Waals surface area contributed by atoms with E-state index in [1.165, 1.54) is 0 Å². The Bertz CT molecular complexity index is 623. The molecule has 1 aliphatic heterocycles. The van der Waals surface area contributed by atoms with Crippen molar-refractivity contribution < 1.29 is 17.7 Å². The van der Waals surface area contributed by atoms with E-state index < -0.39 is 15.1 Å². The molecule has 0 bridgehead atoms. The SMILES string of the molecule is Cc1noc(C)c1CCC(=O)N1CC(S(=O)(=O)CC(C)C)C1. The third-order valence-electron chi connectivity index (χ3n) is 4.04. The molecule has 1 fully saturated rings. The minimum absolute atomic E-state index is 0.00371. The van der Waals surface area contributed by atoms with E-state index in [4.69, 9.17) is 4.52 Å². The Kier molecular flexibility index (Phi) is 4.94. The maximum absolute atomic E-state index is 12.1. The van der Waals surface area contributed by atoms with E-state index in [0.29, 0.717) is 25.9 Å². The Morgan fingerprint density at radius 2 is 2.00 bits per heavy atom. The Morgan fingerprint density at radius 3 is 2.50 bits per heavy atom. The third-order valence-corrected chi connectivity index (χ3v) is 6.49. The highest BCUT2D eigenvalue weighted by atomic mass is 32.2. The van der Waals surface area contributed by atoms with Crippen LogP contribution in [-0.4, -0.2) is 48.5 Å². The van der Waals surface area contributed by atoms with E-state index in [0.717, 1.165) is 17.0 Å². The number of carbonyl (C=O) groups is 1. The lowest BCUT2D eigenvalue weighted by molar-refractivity contribution is -0.134. The summed E-state index contributed by atoms with van der Waals surface area (Å²) in [4.78, 5) is 13.7. The molecule has 6 nitrogen and oxygen atoms in total. The van der Waals surface area contributed by atoms with Crippen LogP contribution >= 0.6 is 0 Å². The first-order valence-corrected chi connectivity index (χ1v) is 9.33. The van der Waals surface area contributed by atoms with Crippen molar-refractivity contribution in [1.82, 2.24) is 10.1 Å². The normalized spacial score (nSPS) is 16.1. The third kappa shape index (κ3) is 3.69. The molecule has 0 N–H and O–H groups in total. The lowest BCUT2D eigenvalue weighted by Crippen LogP contribution is -2.57. The van der Waals surface area contributed by atoms with Crippen molar-refractivity contribution in [1.29, 1.82) is 0 Å². The van der Waals surface area contributed by atoms with E-state index in [1.807, 2.05) is 27.7 Å². The van der Waals surface area contributed by atoms with Crippen LogP contribution in [-0.2, 0) is 21.1 Å². The summed E-state index contributed by atoms with van der Waals surface area (Å²) < 4.78 is 29.2. The molecule has 1 aliphatic rings. The highest BCUT2D eigenvalue weighted by Crippen LogP contribution is 2.21. The fraction of sp³-hybridized carbons (Fsp3) is 0.733. The molecule has 2 rings (SSSR count). The Hall–Kier alpha value is -1.37. The summed E-state index contributed by atoms with van der Waals surface area (Å²) in [7, 11) is -3.08. The van der Waals surface area contributed by atoms with Crippen LogP contribution in [0.2, 0.25) is 0 Å². The van der Waals surface area contributed by atoms with Crippen molar-refractivity contribution in [3.8, 4) is 0 Å². The van der Waals surface area contributed by atoms with Gasteiger partial charge in [-0.05, 0) is 26.2 Å². The fourth-order valence-electron chi connectivity index (χ4n) is 2.72. The summed E-state index contributed by atoms with van der Waals surface area (Å²) >= 11 is 0. The molecule has 1 amide bonds. The quantitative estimate of drug-likeness (QED) is 0.790. The van der Waals surface area contributed by atoms with Crippen molar-refractivity contribution >= 4 is 15.7 Å². The number of sulfone groups is 1. The molecule has 0 unspecified atom stereocenters. The van der Waals surface area contributed by atoms with Gasteiger partial charge in [0.05, 0.1) is 16.7 Å². The van der Waals surface area contributed by atoms with Gasteiger partial charge in [0.25, 0.3) is 0 Å².